The zero-order valence-corrected chi connectivity index (χ0v) is 11.6. The smallest absolute Gasteiger partial charge is 0.310 e. The summed E-state index contributed by atoms with van der Waals surface area (Å²) in [6, 6.07) is 5.68. The number of likely N-dealkylation sites (tertiary alicyclic amines) is 1. The first kappa shape index (κ1) is 14.8. The quantitative estimate of drug-likeness (QED) is 0.627. The van der Waals surface area contributed by atoms with Crippen molar-refractivity contribution in [3.63, 3.8) is 0 Å². The van der Waals surface area contributed by atoms with Crippen LogP contribution in [0, 0.1) is 21.4 Å². The minimum absolute atomic E-state index is 0.0383. The molecule has 0 spiro atoms. The molecule has 0 N–H and O–H groups in total. The van der Waals surface area contributed by atoms with Gasteiger partial charge in [-0.15, -0.1) is 0 Å². The Hall–Kier alpha value is -2.62. The molecule has 2 rings (SSSR count). The first-order valence-corrected chi connectivity index (χ1v) is 6.61. The van der Waals surface area contributed by atoms with E-state index in [0.717, 1.165) is 12.8 Å². The van der Waals surface area contributed by atoms with Gasteiger partial charge in [0.15, 0.2) is 5.75 Å². The number of carbonyl (C=O) groups excluding carboxylic acids is 1. The fourth-order valence-corrected chi connectivity index (χ4v) is 2.44. The minimum atomic E-state index is -0.563. The van der Waals surface area contributed by atoms with E-state index in [1.807, 2.05) is 0 Å². The summed E-state index contributed by atoms with van der Waals surface area (Å²) in [6.45, 7) is 0.524. The van der Waals surface area contributed by atoms with Gasteiger partial charge in [-0.2, -0.15) is 5.26 Å². The molecule has 7 heteroatoms. The van der Waals surface area contributed by atoms with Crippen LogP contribution < -0.4 is 4.74 Å². The topological polar surface area (TPSA) is 96.5 Å². The third-order valence-electron chi connectivity index (χ3n) is 3.54. The van der Waals surface area contributed by atoms with E-state index in [2.05, 4.69) is 6.07 Å². The molecule has 0 radical (unpaired) electrons. The van der Waals surface area contributed by atoms with Gasteiger partial charge in [0.1, 0.15) is 6.04 Å². The number of carbonyl (C=O) groups is 1. The van der Waals surface area contributed by atoms with Crippen molar-refractivity contribution in [1.82, 2.24) is 4.90 Å². The molecular formula is C14H15N3O4. The van der Waals surface area contributed by atoms with Gasteiger partial charge in [0, 0.05) is 24.2 Å². The fraction of sp³-hybridized carbons (Fsp3) is 0.429. The maximum atomic E-state index is 12.5. The van der Waals surface area contributed by atoms with E-state index in [1.165, 1.54) is 30.2 Å². The summed E-state index contributed by atoms with van der Waals surface area (Å²) in [5, 5.41) is 20.0. The number of ether oxygens (including phenoxy) is 1. The van der Waals surface area contributed by atoms with Crippen LogP contribution >= 0.6 is 0 Å². The lowest BCUT2D eigenvalue weighted by Gasteiger charge is -2.31. The third-order valence-corrected chi connectivity index (χ3v) is 3.54. The lowest BCUT2D eigenvalue weighted by atomic mass is 10.0. The van der Waals surface area contributed by atoms with Crippen LogP contribution in [0.1, 0.15) is 29.6 Å². The van der Waals surface area contributed by atoms with Crippen LogP contribution in [0.3, 0.4) is 0 Å². The Labute approximate surface area is 121 Å². The van der Waals surface area contributed by atoms with E-state index in [9.17, 15) is 14.9 Å². The predicted octanol–water partition coefficient (Wildman–Crippen LogP) is 2.12. The summed E-state index contributed by atoms with van der Waals surface area (Å²) in [5.74, 6) is -0.259. The SMILES string of the molecule is COc1cc(C(=O)N2CCCCC2C#N)ccc1[N+](=O)[O-]. The van der Waals surface area contributed by atoms with Gasteiger partial charge >= 0.3 is 5.69 Å². The number of nitro benzene ring substituents is 1. The van der Waals surface area contributed by atoms with Crippen molar-refractivity contribution in [2.75, 3.05) is 13.7 Å². The van der Waals surface area contributed by atoms with Gasteiger partial charge in [-0.3, -0.25) is 14.9 Å². The molecule has 110 valence electrons. The maximum Gasteiger partial charge on any atom is 0.310 e. The standard InChI is InChI=1S/C14H15N3O4/c1-21-13-8-10(5-6-12(13)17(19)20)14(18)16-7-3-2-4-11(16)9-15/h5-6,8,11H,2-4,7H2,1H3. The Bertz CT molecular complexity index is 609. The van der Waals surface area contributed by atoms with Crippen molar-refractivity contribution in [3.8, 4) is 11.8 Å². The molecule has 0 aromatic heterocycles. The highest BCUT2D eigenvalue weighted by Gasteiger charge is 2.28. The molecule has 1 atom stereocenters. The van der Waals surface area contributed by atoms with E-state index < -0.39 is 11.0 Å². The lowest BCUT2D eigenvalue weighted by Crippen LogP contribution is -2.42. The average Bonchev–Trinajstić information content (AvgIpc) is 2.53. The number of rotatable bonds is 3. The van der Waals surface area contributed by atoms with Crippen LogP contribution in [0.2, 0.25) is 0 Å². The van der Waals surface area contributed by atoms with Crippen LogP contribution in [0.4, 0.5) is 5.69 Å². The first-order valence-electron chi connectivity index (χ1n) is 6.61. The number of nitriles is 1. The molecule has 0 aliphatic carbocycles. The van der Waals surface area contributed by atoms with Crippen LogP contribution in [0.15, 0.2) is 18.2 Å². The Balaban J connectivity index is 2.31. The largest absolute Gasteiger partial charge is 0.490 e. The van der Waals surface area contributed by atoms with E-state index in [4.69, 9.17) is 10.00 Å². The van der Waals surface area contributed by atoms with Gasteiger partial charge in [-0.1, -0.05) is 0 Å². The number of amides is 1. The van der Waals surface area contributed by atoms with E-state index in [-0.39, 0.29) is 17.3 Å². The Kier molecular flexibility index (Phi) is 4.38. The normalized spacial score (nSPS) is 17.9. The second-order valence-electron chi connectivity index (χ2n) is 4.78. The van der Waals surface area contributed by atoms with E-state index in [0.29, 0.717) is 18.5 Å². The van der Waals surface area contributed by atoms with Crippen molar-refractivity contribution in [2.24, 2.45) is 0 Å². The Morgan fingerprint density at radius 3 is 2.90 bits per heavy atom. The fourth-order valence-electron chi connectivity index (χ4n) is 2.44. The summed E-state index contributed by atoms with van der Waals surface area (Å²) in [4.78, 5) is 24.3. The molecule has 0 bridgehead atoms. The lowest BCUT2D eigenvalue weighted by molar-refractivity contribution is -0.385. The Morgan fingerprint density at radius 2 is 2.29 bits per heavy atom. The van der Waals surface area contributed by atoms with Crippen molar-refractivity contribution < 1.29 is 14.5 Å². The molecule has 1 aliphatic heterocycles. The molecule has 1 amide bonds. The van der Waals surface area contributed by atoms with Crippen molar-refractivity contribution in [1.29, 1.82) is 5.26 Å². The number of hydrogen-bond acceptors (Lipinski definition) is 5. The molecule has 1 saturated heterocycles. The highest BCUT2D eigenvalue weighted by molar-refractivity contribution is 5.95. The van der Waals surface area contributed by atoms with Crippen LogP contribution in [0.5, 0.6) is 5.75 Å². The molecule has 21 heavy (non-hydrogen) atoms. The number of nitro groups is 1. The predicted molar refractivity (Wildman–Crippen MR) is 73.9 cm³/mol. The van der Waals surface area contributed by atoms with Crippen LogP contribution in [-0.4, -0.2) is 35.4 Å². The molecule has 1 aliphatic rings. The summed E-state index contributed by atoms with van der Waals surface area (Å²) in [6.07, 6.45) is 2.44. The van der Waals surface area contributed by atoms with E-state index in [1.54, 1.807) is 0 Å². The monoisotopic (exact) mass is 289 g/mol. The van der Waals surface area contributed by atoms with E-state index >= 15 is 0 Å². The molecule has 0 saturated carbocycles. The first-order chi connectivity index (χ1) is 10.1. The molecular weight excluding hydrogens is 274 g/mol. The van der Waals surface area contributed by atoms with Crippen molar-refractivity contribution in [2.45, 2.75) is 25.3 Å². The van der Waals surface area contributed by atoms with Crippen molar-refractivity contribution >= 4 is 11.6 Å². The Morgan fingerprint density at radius 1 is 1.52 bits per heavy atom. The maximum absolute atomic E-state index is 12.5. The molecule has 1 aromatic rings. The highest BCUT2D eigenvalue weighted by Crippen LogP contribution is 2.29. The highest BCUT2D eigenvalue weighted by atomic mass is 16.6. The summed E-state index contributed by atoms with van der Waals surface area (Å²) in [7, 11) is 1.32. The molecule has 1 heterocycles. The number of piperidine rings is 1. The second kappa shape index (κ2) is 6.22. The zero-order valence-electron chi connectivity index (χ0n) is 11.6. The van der Waals surface area contributed by atoms with Gasteiger partial charge in [-0.25, -0.2) is 0 Å². The van der Waals surface area contributed by atoms with Gasteiger partial charge in [0.2, 0.25) is 0 Å². The van der Waals surface area contributed by atoms with Gasteiger partial charge in [-0.05, 0) is 25.3 Å². The van der Waals surface area contributed by atoms with Crippen molar-refractivity contribution in [3.05, 3.63) is 33.9 Å². The summed E-state index contributed by atoms with van der Waals surface area (Å²) >= 11 is 0. The minimum Gasteiger partial charge on any atom is -0.490 e. The molecule has 1 unspecified atom stereocenters. The number of hydrogen-bond donors (Lipinski definition) is 0. The average molecular weight is 289 g/mol. The second-order valence-corrected chi connectivity index (χ2v) is 4.78. The molecule has 7 nitrogen and oxygen atoms in total. The van der Waals surface area contributed by atoms with Gasteiger partial charge in [0.05, 0.1) is 18.1 Å². The van der Waals surface area contributed by atoms with Gasteiger partial charge in [0.25, 0.3) is 5.91 Å². The van der Waals surface area contributed by atoms with Crippen LogP contribution in [0.25, 0.3) is 0 Å². The van der Waals surface area contributed by atoms with Gasteiger partial charge < -0.3 is 9.64 Å². The number of benzene rings is 1. The third kappa shape index (κ3) is 2.94. The number of nitrogens with zero attached hydrogens (tertiary/aromatic N) is 3. The molecule has 1 fully saturated rings. The number of methoxy groups -OCH3 is 1. The summed E-state index contributed by atoms with van der Waals surface area (Å²) < 4.78 is 4.96. The summed E-state index contributed by atoms with van der Waals surface area (Å²) in [5.41, 5.74) is 0.101. The van der Waals surface area contributed by atoms with Crippen LogP contribution in [-0.2, 0) is 0 Å². The molecule has 1 aromatic carbocycles. The zero-order chi connectivity index (χ0) is 15.4.